The van der Waals surface area contributed by atoms with Crippen molar-refractivity contribution in [3.8, 4) is 0 Å². The largest absolute Gasteiger partial charge is 0.379 e. The summed E-state index contributed by atoms with van der Waals surface area (Å²) in [7, 11) is 3.96. The van der Waals surface area contributed by atoms with Crippen molar-refractivity contribution in [1.82, 2.24) is 20.0 Å². The SMILES string of the molecule is CN(C)CCn1ncc(NC2C3CNCC32)c(Br)c1=O. The normalized spacial score (nSPS) is 27.7. The van der Waals surface area contributed by atoms with Crippen LogP contribution in [0.3, 0.4) is 0 Å². The number of fused-ring (bicyclic) bond motifs is 1. The maximum atomic E-state index is 12.2. The highest BCUT2D eigenvalue weighted by atomic mass is 79.9. The third kappa shape index (κ3) is 2.62. The van der Waals surface area contributed by atoms with Crippen molar-refractivity contribution in [2.24, 2.45) is 11.8 Å². The smallest absolute Gasteiger partial charge is 0.283 e. The number of nitrogens with zero attached hydrogens (tertiary/aromatic N) is 3. The lowest BCUT2D eigenvalue weighted by Gasteiger charge is -2.13. The van der Waals surface area contributed by atoms with Gasteiger partial charge in [0.05, 0.1) is 18.4 Å². The predicted octanol–water partition coefficient (Wildman–Crippen LogP) is 0.197. The zero-order chi connectivity index (χ0) is 14.3. The molecular formula is C13H20BrN5O. The van der Waals surface area contributed by atoms with Gasteiger partial charge < -0.3 is 15.5 Å². The Labute approximate surface area is 126 Å². The fourth-order valence-electron chi connectivity index (χ4n) is 2.83. The zero-order valence-electron chi connectivity index (χ0n) is 11.8. The summed E-state index contributed by atoms with van der Waals surface area (Å²) in [5.41, 5.74) is 0.747. The lowest BCUT2D eigenvalue weighted by atomic mass is 10.4. The van der Waals surface area contributed by atoms with E-state index in [4.69, 9.17) is 0 Å². The number of rotatable bonds is 5. The molecule has 2 unspecified atom stereocenters. The molecule has 3 rings (SSSR count). The van der Waals surface area contributed by atoms with Crippen molar-refractivity contribution in [2.45, 2.75) is 12.6 Å². The molecule has 1 aliphatic carbocycles. The first-order chi connectivity index (χ1) is 9.58. The molecule has 0 aromatic carbocycles. The first-order valence-electron chi connectivity index (χ1n) is 6.95. The number of hydrogen-bond donors (Lipinski definition) is 2. The quantitative estimate of drug-likeness (QED) is 0.800. The summed E-state index contributed by atoms with van der Waals surface area (Å²) in [5.74, 6) is 1.41. The Bertz CT molecular complexity index is 548. The summed E-state index contributed by atoms with van der Waals surface area (Å²) in [6.07, 6.45) is 1.75. The highest BCUT2D eigenvalue weighted by Crippen LogP contribution is 2.44. The second-order valence-electron chi connectivity index (χ2n) is 5.86. The van der Waals surface area contributed by atoms with E-state index in [1.54, 1.807) is 6.20 Å². The average molecular weight is 342 g/mol. The molecule has 6 nitrogen and oxygen atoms in total. The van der Waals surface area contributed by atoms with Crippen molar-refractivity contribution in [1.29, 1.82) is 0 Å². The molecule has 0 radical (unpaired) electrons. The fourth-order valence-corrected chi connectivity index (χ4v) is 3.25. The Morgan fingerprint density at radius 1 is 1.50 bits per heavy atom. The molecule has 0 bridgehead atoms. The van der Waals surface area contributed by atoms with Crippen molar-refractivity contribution in [2.75, 3.05) is 39.0 Å². The summed E-state index contributed by atoms with van der Waals surface area (Å²) in [6.45, 7) is 3.55. The van der Waals surface area contributed by atoms with Crippen LogP contribution in [-0.4, -0.2) is 54.5 Å². The second-order valence-corrected chi connectivity index (χ2v) is 6.65. The topological polar surface area (TPSA) is 62.2 Å². The van der Waals surface area contributed by atoms with E-state index in [0.29, 0.717) is 28.9 Å². The van der Waals surface area contributed by atoms with Crippen molar-refractivity contribution in [3.05, 3.63) is 21.0 Å². The zero-order valence-corrected chi connectivity index (χ0v) is 13.4. The number of piperidine rings is 1. The van der Waals surface area contributed by atoms with Gasteiger partial charge in [0.1, 0.15) is 4.47 Å². The van der Waals surface area contributed by atoms with Gasteiger partial charge in [-0.3, -0.25) is 4.79 Å². The second kappa shape index (κ2) is 5.46. The van der Waals surface area contributed by atoms with Crippen LogP contribution in [-0.2, 0) is 6.54 Å². The first-order valence-corrected chi connectivity index (χ1v) is 7.75. The first kappa shape index (κ1) is 14.0. The van der Waals surface area contributed by atoms with Gasteiger partial charge in [-0.25, -0.2) is 4.68 Å². The van der Waals surface area contributed by atoms with Crippen LogP contribution >= 0.6 is 15.9 Å². The van der Waals surface area contributed by atoms with Gasteiger partial charge in [0.15, 0.2) is 0 Å². The molecule has 2 N–H and O–H groups in total. The summed E-state index contributed by atoms with van der Waals surface area (Å²) >= 11 is 3.41. The number of hydrogen-bond acceptors (Lipinski definition) is 5. The lowest BCUT2D eigenvalue weighted by Crippen LogP contribution is -2.30. The van der Waals surface area contributed by atoms with E-state index in [1.165, 1.54) is 4.68 Å². The highest BCUT2D eigenvalue weighted by Gasteiger charge is 2.53. The molecule has 2 aliphatic rings. The van der Waals surface area contributed by atoms with Crippen LogP contribution in [0, 0.1) is 11.8 Å². The Kier molecular flexibility index (Phi) is 3.83. The molecule has 0 amide bonds. The van der Waals surface area contributed by atoms with Gasteiger partial charge >= 0.3 is 0 Å². The average Bonchev–Trinajstić information content (AvgIpc) is 2.85. The maximum absolute atomic E-state index is 12.2. The minimum atomic E-state index is -0.0687. The van der Waals surface area contributed by atoms with Crippen LogP contribution in [0.25, 0.3) is 0 Å². The molecule has 0 spiro atoms. The third-order valence-corrected chi connectivity index (χ3v) is 4.92. The molecular weight excluding hydrogens is 322 g/mol. The lowest BCUT2D eigenvalue weighted by molar-refractivity contribution is 0.367. The van der Waals surface area contributed by atoms with Gasteiger partial charge in [0.25, 0.3) is 5.56 Å². The van der Waals surface area contributed by atoms with Gasteiger partial charge in [-0.15, -0.1) is 0 Å². The maximum Gasteiger partial charge on any atom is 0.283 e. The standard InChI is InChI=1S/C13H20BrN5O/c1-18(2)3-4-19-13(20)11(14)10(7-16-19)17-12-8-5-15-6-9(8)12/h7-9,12,15,17H,3-6H2,1-2H3. The Balaban J connectivity index is 1.70. The van der Waals surface area contributed by atoms with Gasteiger partial charge in [0, 0.05) is 25.7 Å². The van der Waals surface area contributed by atoms with Crippen LogP contribution in [0.1, 0.15) is 0 Å². The van der Waals surface area contributed by atoms with Gasteiger partial charge in [-0.05, 0) is 41.9 Å². The molecule has 2 atom stereocenters. The molecule has 2 heterocycles. The van der Waals surface area contributed by atoms with Gasteiger partial charge in [0.2, 0.25) is 0 Å². The van der Waals surface area contributed by atoms with Crippen LogP contribution in [0.5, 0.6) is 0 Å². The molecule has 1 saturated carbocycles. The van der Waals surface area contributed by atoms with Crippen molar-refractivity contribution >= 4 is 21.6 Å². The molecule has 1 aromatic rings. The number of aromatic nitrogens is 2. The monoisotopic (exact) mass is 341 g/mol. The minimum Gasteiger partial charge on any atom is -0.379 e. The van der Waals surface area contributed by atoms with Crippen LogP contribution < -0.4 is 16.2 Å². The molecule has 7 heteroatoms. The third-order valence-electron chi connectivity index (χ3n) is 4.16. The van der Waals surface area contributed by atoms with E-state index >= 15 is 0 Å². The number of halogens is 1. The fraction of sp³-hybridized carbons (Fsp3) is 0.692. The molecule has 1 saturated heterocycles. The molecule has 1 aliphatic heterocycles. The highest BCUT2D eigenvalue weighted by molar-refractivity contribution is 9.10. The summed E-state index contributed by atoms with van der Waals surface area (Å²) in [6, 6.07) is 0.492. The van der Waals surface area contributed by atoms with Crippen LogP contribution in [0.4, 0.5) is 5.69 Å². The molecule has 2 fully saturated rings. The van der Waals surface area contributed by atoms with E-state index in [1.807, 2.05) is 19.0 Å². The van der Waals surface area contributed by atoms with E-state index in [0.717, 1.165) is 25.3 Å². The van der Waals surface area contributed by atoms with Crippen molar-refractivity contribution in [3.63, 3.8) is 0 Å². The molecule has 110 valence electrons. The van der Waals surface area contributed by atoms with E-state index in [2.05, 4.69) is 31.7 Å². The molecule has 1 aromatic heterocycles. The summed E-state index contributed by atoms with van der Waals surface area (Å²) < 4.78 is 2.09. The Hall–Kier alpha value is -0.920. The van der Waals surface area contributed by atoms with Gasteiger partial charge in [-0.2, -0.15) is 5.10 Å². The summed E-state index contributed by atoms with van der Waals surface area (Å²) in [5, 5.41) is 11.1. The van der Waals surface area contributed by atoms with Crippen LogP contribution in [0.15, 0.2) is 15.5 Å². The Morgan fingerprint density at radius 2 is 2.20 bits per heavy atom. The summed E-state index contributed by atoms with van der Waals surface area (Å²) in [4.78, 5) is 14.3. The minimum absolute atomic E-state index is 0.0687. The van der Waals surface area contributed by atoms with Gasteiger partial charge in [-0.1, -0.05) is 0 Å². The van der Waals surface area contributed by atoms with E-state index < -0.39 is 0 Å². The van der Waals surface area contributed by atoms with Crippen LogP contribution in [0.2, 0.25) is 0 Å². The predicted molar refractivity (Wildman–Crippen MR) is 82.0 cm³/mol. The number of nitrogens with one attached hydrogen (secondary N) is 2. The van der Waals surface area contributed by atoms with Crippen molar-refractivity contribution < 1.29 is 0 Å². The Morgan fingerprint density at radius 3 is 2.85 bits per heavy atom. The number of likely N-dealkylation sites (N-methyl/N-ethyl adjacent to an activating group) is 1. The van der Waals surface area contributed by atoms with E-state index in [-0.39, 0.29) is 5.56 Å². The number of anilines is 1. The molecule has 20 heavy (non-hydrogen) atoms. The van der Waals surface area contributed by atoms with E-state index in [9.17, 15) is 4.79 Å².